The van der Waals surface area contributed by atoms with Crippen LogP contribution in [0.2, 0.25) is 0 Å². The fourth-order valence-electron chi connectivity index (χ4n) is 4.44. The number of carbonyl (C=O) groups excluding carboxylic acids is 4. The van der Waals surface area contributed by atoms with Crippen molar-refractivity contribution in [3.05, 3.63) is 35.2 Å². The summed E-state index contributed by atoms with van der Waals surface area (Å²) in [5.41, 5.74) is 0.886. The van der Waals surface area contributed by atoms with Crippen LogP contribution in [0.15, 0.2) is 29.6 Å². The summed E-state index contributed by atoms with van der Waals surface area (Å²) in [6, 6.07) is 6.77. The van der Waals surface area contributed by atoms with E-state index in [-0.39, 0.29) is 31.0 Å². The number of benzene rings is 1. The number of esters is 1. The molecule has 2 aromatic rings. The molecule has 1 aliphatic carbocycles. The number of hydrogen-bond acceptors (Lipinski definition) is 7. The molecule has 4 amide bonds. The molecule has 1 aromatic heterocycles. The van der Waals surface area contributed by atoms with Crippen LogP contribution in [-0.2, 0) is 14.3 Å². The molecule has 1 spiro atoms. The lowest BCUT2D eigenvalue weighted by Gasteiger charge is -2.19. The molecule has 34 heavy (non-hydrogen) atoms. The van der Waals surface area contributed by atoms with Crippen molar-refractivity contribution in [1.29, 1.82) is 0 Å². The van der Waals surface area contributed by atoms with Gasteiger partial charge in [-0.05, 0) is 37.5 Å². The summed E-state index contributed by atoms with van der Waals surface area (Å²) in [5, 5.41) is 7.71. The number of amides is 4. The van der Waals surface area contributed by atoms with E-state index >= 15 is 0 Å². The van der Waals surface area contributed by atoms with Crippen LogP contribution in [0.3, 0.4) is 0 Å². The second-order valence-corrected chi connectivity index (χ2v) is 9.16. The number of rotatable bonds is 8. The normalized spacial score (nSPS) is 16.6. The van der Waals surface area contributed by atoms with E-state index in [0.29, 0.717) is 29.2 Å². The lowest BCUT2D eigenvalue weighted by molar-refractivity contribution is -0.131. The van der Waals surface area contributed by atoms with Gasteiger partial charge in [-0.2, -0.15) is 0 Å². The van der Waals surface area contributed by atoms with Gasteiger partial charge in [0.25, 0.3) is 5.91 Å². The molecule has 2 aliphatic rings. The van der Waals surface area contributed by atoms with Crippen molar-refractivity contribution < 1.29 is 28.7 Å². The van der Waals surface area contributed by atoms with E-state index in [1.807, 2.05) is 12.1 Å². The second kappa shape index (κ2) is 9.84. The first-order chi connectivity index (χ1) is 16.4. The summed E-state index contributed by atoms with van der Waals surface area (Å²) >= 11 is 1.21. The van der Waals surface area contributed by atoms with Crippen LogP contribution in [0.1, 0.15) is 49.4 Å². The van der Waals surface area contributed by atoms with Gasteiger partial charge in [-0.3, -0.25) is 14.5 Å². The summed E-state index contributed by atoms with van der Waals surface area (Å²) in [4.78, 5) is 51.7. The Morgan fingerprint density at radius 1 is 1.18 bits per heavy atom. The van der Waals surface area contributed by atoms with Gasteiger partial charge in [0.1, 0.15) is 21.9 Å². The number of imide groups is 1. The van der Waals surface area contributed by atoms with Crippen molar-refractivity contribution in [1.82, 2.24) is 10.2 Å². The topological polar surface area (TPSA) is 114 Å². The molecule has 9 nitrogen and oxygen atoms in total. The molecule has 1 aliphatic heterocycles. The number of urea groups is 1. The largest absolute Gasteiger partial charge is 0.497 e. The van der Waals surface area contributed by atoms with E-state index in [2.05, 4.69) is 10.6 Å². The van der Waals surface area contributed by atoms with Crippen molar-refractivity contribution in [2.75, 3.05) is 25.6 Å². The Kier molecular flexibility index (Phi) is 6.87. The number of anilines is 1. The summed E-state index contributed by atoms with van der Waals surface area (Å²) in [5.74, 6) is -0.512. The first-order valence-electron chi connectivity index (χ1n) is 11.3. The van der Waals surface area contributed by atoms with Crippen LogP contribution in [0.4, 0.5) is 9.80 Å². The van der Waals surface area contributed by atoms with Crippen molar-refractivity contribution in [3.8, 4) is 16.9 Å². The highest BCUT2D eigenvalue weighted by atomic mass is 32.1. The molecule has 10 heteroatoms. The van der Waals surface area contributed by atoms with Crippen molar-refractivity contribution in [2.45, 2.75) is 44.6 Å². The summed E-state index contributed by atoms with van der Waals surface area (Å²) in [6.07, 6.45) is 2.98. The third-order valence-electron chi connectivity index (χ3n) is 6.19. The quantitative estimate of drug-likeness (QED) is 0.434. The Hall–Kier alpha value is -3.40. The fourth-order valence-corrected chi connectivity index (χ4v) is 5.41. The zero-order chi connectivity index (χ0) is 24.3. The number of methoxy groups -OCH3 is 1. The minimum Gasteiger partial charge on any atom is -0.497 e. The Bertz CT molecular complexity index is 1100. The molecule has 180 valence electrons. The number of nitrogens with zero attached hydrogens (tertiary/aromatic N) is 1. The third kappa shape index (κ3) is 4.50. The monoisotopic (exact) mass is 485 g/mol. The number of ether oxygens (including phenoxy) is 2. The van der Waals surface area contributed by atoms with E-state index in [1.54, 1.807) is 31.5 Å². The van der Waals surface area contributed by atoms with Crippen molar-refractivity contribution in [3.63, 3.8) is 0 Å². The van der Waals surface area contributed by atoms with Crippen LogP contribution < -0.4 is 15.4 Å². The lowest BCUT2D eigenvalue weighted by atomic mass is 9.98. The van der Waals surface area contributed by atoms with Gasteiger partial charge < -0.3 is 20.1 Å². The molecule has 1 aromatic carbocycles. The molecule has 0 atom stereocenters. The molecule has 1 saturated carbocycles. The van der Waals surface area contributed by atoms with Gasteiger partial charge in [-0.25, -0.2) is 9.59 Å². The maximum atomic E-state index is 12.8. The van der Waals surface area contributed by atoms with E-state index in [1.165, 1.54) is 11.3 Å². The molecule has 2 heterocycles. The van der Waals surface area contributed by atoms with Crippen molar-refractivity contribution >= 4 is 40.2 Å². The highest BCUT2D eigenvalue weighted by molar-refractivity contribution is 7.15. The lowest BCUT2D eigenvalue weighted by Crippen LogP contribution is -2.44. The maximum Gasteiger partial charge on any atom is 0.341 e. The zero-order valence-corrected chi connectivity index (χ0v) is 20.0. The van der Waals surface area contributed by atoms with Gasteiger partial charge >= 0.3 is 12.0 Å². The predicted molar refractivity (Wildman–Crippen MR) is 127 cm³/mol. The second-order valence-electron chi connectivity index (χ2n) is 8.28. The number of nitrogens with one attached hydrogen (secondary N) is 2. The van der Waals surface area contributed by atoms with E-state index in [4.69, 9.17) is 9.47 Å². The standard InChI is InChI=1S/C24H27N3O6S/c1-3-33-21(29)19-17(15-6-8-16(32-2)9-7-15)14-34-20(19)25-18(28)10-13-27-22(30)24(26-23(27)31)11-4-5-12-24/h6-9,14H,3-5,10-13H2,1-2H3,(H,25,28)(H,26,31). The van der Waals surface area contributed by atoms with Crippen LogP contribution in [0, 0.1) is 0 Å². The van der Waals surface area contributed by atoms with Crippen molar-refractivity contribution in [2.24, 2.45) is 0 Å². The first-order valence-corrected chi connectivity index (χ1v) is 12.1. The molecule has 1 saturated heterocycles. The zero-order valence-electron chi connectivity index (χ0n) is 19.1. The van der Waals surface area contributed by atoms with Crippen LogP contribution >= 0.6 is 11.3 Å². The average Bonchev–Trinajstić information content (AvgIpc) is 3.52. The van der Waals surface area contributed by atoms with Crippen LogP contribution in [-0.4, -0.2) is 54.5 Å². The molecule has 4 rings (SSSR count). The maximum absolute atomic E-state index is 12.8. The smallest absolute Gasteiger partial charge is 0.341 e. The SMILES string of the molecule is CCOC(=O)c1c(-c2ccc(OC)cc2)csc1NC(=O)CCN1C(=O)NC2(CCCC2)C1=O. The summed E-state index contributed by atoms with van der Waals surface area (Å²) in [7, 11) is 1.57. The molecular weight excluding hydrogens is 458 g/mol. The molecular formula is C24H27N3O6S. The van der Waals surface area contributed by atoms with Gasteiger partial charge in [0.2, 0.25) is 5.91 Å². The molecule has 2 N–H and O–H groups in total. The Labute approximate surface area is 201 Å². The van der Waals surface area contributed by atoms with Gasteiger partial charge in [-0.1, -0.05) is 25.0 Å². The van der Waals surface area contributed by atoms with Crippen LogP contribution in [0.25, 0.3) is 11.1 Å². The number of carbonyl (C=O) groups is 4. The Balaban J connectivity index is 1.47. The highest BCUT2D eigenvalue weighted by Crippen LogP contribution is 2.37. The van der Waals surface area contributed by atoms with Gasteiger partial charge in [0.15, 0.2) is 0 Å². The average molecular weight is 486 g/mol. The van der Waals surface area contributed by atoms with E-state index in [9.17, 15) is 19.2 Å². The Morgan fingerprint density at radius 3 is 2.53 bits per heavy atom. The fraction of sp³-hybridized carbons (Fsp3) is 0.417. The molecule has 0 unspecified atom stereocenters. The highest BCUT2D eigenvalue weighted by Gasteiger charge is 2.52. The van der Waals surface area contributed by atoms with E-state index in [0.717, 1.165) is 23.3 Å². The minimum absolute atomic E-state index is 0.0241. The molecule has 0 bridgehead atoms. The third-order valence-corrected chi connectivity index (χ3v) is 7.09. The summed E-state index contributed by atoms with van der Waals surface area (Å²) in [6.45, 7) is 1.88. The summed E-state index contributed by atoms with van der Waals surface area (Å²) < 4.78 is 10.4. The molecule has 2 fully saturated rings. The predicted octanol–water partition coefficient (Wildman–Crippen LogP) is 3.79. The van der Waals surface area contributed by atoms with Gasteiger partial charge in [0.05, 0.1) is 13.7 Å². The first kappa shape index (κ1) is 23.7. The Morgan fingerprint density at radius 2 is 1.88 bits per heavy atom. The van der Waals surface area contributed by atoms with Gasteiger partial charge in [0, 0.05) is 23.9 Å². The molecule has 0 radical (unpaired) electrons. The van der Waals surface area contributed by atoms with Gasteiger partial charge in [-0.15, -0.1) is 11.3 Å². The minimum atomic E-state index is -0.800. The van der Waals surface area contributed by atoms with Crippen LogP contribution in [0.5, 0.6) is 5.75 Å². The number of thiophene rings is 1. The number of hydrogen-bond donors (Lipinski definition) is 2. The van der Waals surface area contributed by atoms with E-state index < -0.39 is 23.4 Å².